The van der Waals surface area contributed by atoms with Crippen LogP contribution in [0, 0.1) is 17.0 Å². The molecule has 1 aromatic rings. The van der Waals surface area contributed by atoms with Gasteiger partial charge in [0.05, 0.1) is 4.92 Å². The molecule has 1 rings (SSSR count). The van der Waals surface area contributed by atoms with Gasteiger partial charge < -0.3 is 5.11 Å². The predicted octanol–water partition coefficient (Wildman–Crippen LogP) is 2.63. The maximum absolute atomic E-state index is 10.8. The minimum absolute atomic E-state index is 0.0586. The van der Waals surface area contributed by atoms with Crippen LogP contribution in [-0.4, -0.2) is 16.6 Å². The summed E-state index contributed by atoms with van der Waals surface area (Å²) in [5, 5.41) is 19.8. The standard InChI is InChI=1S/C12H16NO3/c1-8(2)10-4-11(9(3)7-14)6-12(5-10)13(15)16/h4-6,8-9,14H,3,7H2,1-2H3. The molecule has 0 fully saturated rings. The van der Waals surface area contributed by atoms with Crippen molar-refractivity contribution in [3.8, 4) is 0 Å². The molecule has 0 amide bonds. The fourth-order valence-corrected chi connectivity index (χ4v) is 1.44. The number of nitro benzene ring substituents is 1. The molecular weight excluding hydrogens is 206 g/mol. The second kappa shape index (κ2) is 5.07. The monoisotopic (exact) mass is 222 g/mol. The summed E-state index contributed by atoms with van der Waals surface area (Å²) in [5.74, 6) is -0.109. The quantitative estimate of drug-likeness (QED) is 0.629. The van der Waals surface area contributed by atoms with E-state index in [9.17, 15) is 10.1 Å². The van der Waals surface area contributed by atoms with E-state index in [4.69, 9.17) is 5.11 Å². The molecule has 0 saturated carbocycles. The molecule has 0 aliphatic carbocycles. The highest BCUT2D eigenvalue weighted by atomic mass is 16.6. The number of nitrogens with zero attached hydrogens (tertiary/aromatic N) is 1. The van der Waals surface area contributed by atoms with Gasteiger partial charge in [0.1, 0.15) is 0 Å². The van der Waals surface area contributed by atoms with Crippen LogP contribution in [0.25, 0.3) is 0 Å². The van der Waals surface area contributed by atoms with Crippen molar-refractivity contribution in [3.05, 3.63) is 46.4 Å². The molecule has 87 valence electrons. The highest BCUT2D eigenvalue weighted by molar-refractivity contribution is 5.42. The van der Waals surface area contributed by atoms with Gasteiger partial charge in [0.2, 0.25) is 0 Å². The number of hydrogen-bond donors (Lipinski definition) is 1. The minimum Gasteiger partial charge on any atom is -0.396 e. The van der Waals surface area contributed by atoms with Gasteiger partial charge in [0.15, 0.2) is 0 Å². The lowest BCUT2D eigenvalue weighted by Gasteiger charge is -2.12. The lowest BCUT2D eigenvalue weighted by molar-refractivity contribution is -0.385. The Kier molecular flexibility index (Phi) is 4.01. The number of rotatable bonds is 4. The Labute approximate surface area is 95.1 Å². The van der Waals surface area contributed by atoms with Crippen molar-refractivity contribution >= 4 is 5.69 Å². The molecule has 1 radical (unpaired) electrons. The molecular formula is C12H16NO3. The van der Waals surface area contributed by atoms with Gasteiger partial charge in [-0.15, -0.1) is 0 Å². The Morgan fingerprint density at radius 1 is 1.38 bits per heavy atom. The maximum Gasteiger partial charge on any atom is 0.269 e. The minimum atomic E-state index is -0.417. The molecule has 1 unspecified atom stereocenters. The average molecular weight is 222 g/mol. The van der Waals surface area contributed by atoms with Crippen LogP contribution in [0.1, 0.15) is 36.8 Å². The zero-order valence-electron chi connectivity index (χ0n) is 9.51. The highest BCUT2D eigenvalue weighted by Crippen LogP contribution is 2.26. The van der Waals surface area contributed by atoms with Crippen molar-refractivity contribution in [2.45, 2.75) is 25.7 Å². The van der Waals surface area contributed by atoms with E-state index in [0.717, 1.165) is 5.56 Å². The summed E-state index contributed by atoms with van der Waals surface area (Å²) in [6.07, 6.45) is 0. The Morgan fingerprint density at radius 2 is 1.94 bits per heavy atom. The summed E-state index contributed by atoms with van der Waals surface area (Å²) < 4.78 is 0. The molecule has 4 heteroatoms. The van der Waals surface area contributed by atoms with Crippen LogP contribution in [0.3, 0.4) is 0 Å². The number of hydrogen-bond acceptors (Lipinski definition) is 3. The van der Waals surface area contributed by atoms with E-state index in [1.54, 1.807) is 6.07 Å². The summed E-state index contributed by atoms with van der Waals surface area (Å²) in [6.45, 7) is 7.59. The molecule has 1 atom stereocenters. The molecule has 0 aliphatic heterocycles. The third-order valence-electron chi connectivity index (χ3n) is 2.53. The van der Waals surface area contributed by atoms with E-state index in [1.807, 2.05) is 19.9 Å². The zero-order valence-corrected chi connectivity index (χ0v) is 9.51. The van der Waals surface area contributed by atoms with Crippen molar-refractivity contribution in [3.63, 3.8) is 0 Å². The van der Waals surface area contributed by atoms with Crippen LogP contribution in [-0.2, 0) is 0 Å². The fourth-order valence-electron chi connectivity index (χ4n) is 1.44. The lowest BCUT2D eigenvalue weighted by atomic mass is 9.94. The second-order valence-corrected chi connectivity index (χ2v) is 4.15. The van der Waals surface area contributed by atoms with Gasteiger partial charge in [-0.3, -0.25) is 10.1 Å². The van der Waals surface area contributed by atoms with Gasteiger partial charge in [-0.2, -0.15) is 0 Å². The molecule has 0 aromatic heterocycles. The topological polar surface area (TPSA) is 63.4 Å². The Morgan fingerprint density at radius 3 is 2.38 bits per heavy atom. The molecule has 1 N–H and O–H groups in total. The van der Waals surface area contributed by atoms with Gasteiger partial charge in [0.25, 0.3) is 5.69 Å². The van der Waals surface area contributed by atoms with E-state index in [2.05, 4.69) is 6.92 Å². The van der Waals surface area contributed by atoms with Crippen molar-refractivity contribution in [2.24, 2.45) is 0 Å². The van der Waals surface area contributed by atoms with Crippen LogP contribution < -0.4 is 0 Å². The van der Waals surface area contributed by atoms with E-state index < -0.39 is 4.92 Å². The molecule has 0 bridgehead atoms. The first-order chi connectivity index (χ1) is 7.45. The van der Waals surface area contributed by atoms with Gasteiger partial charge in [-0.05, 0) is 24.0 Å². The molecule has 0 heterocycles. The van der Waals surface area contributed by atoms with Crippen LogP contribution >= 0.6 is 0 Å². The molecule has 0 aliphatic rings. The lowest BCUT2D eigenvalue weighted by Crippen LogP contribution is -2.02. The average Bonchev–Trinajstić information content (AvgIpc) is 2.27. The first-order valence-electron chi connectivity index (χ1n) is 5.19. The van der Waals surface area contributed by atoms with Gasteiger partial charge in [-0.25, -0.2) is 0 Å². The number of aliphatic hydroxyl groups is 1. The summed E-state index contributed by atoms with van der Waals surface area (Å²) >= 11 is 0. The molecule has 1 aromatic carbocycles. The normalized spacial score (nSPS) is 12.8. The summed E-state index contributed by atoms with van der Waals surface area (Å²) in [4.78, 5) is 10.3. The van der Waals surface area contributed by atoms with Gasteiger partial charge in [0, 0.05) is 24.7 Å². The van der Waals surface area contributed by atoms with Crippen molar-refractivity contribution < 1.29 is 10.0 Å². The highest BCUT2D eigenvalue weighted by Gasteiger charge is 2.14. The number of aliphatic hydroxyl groups excluding tert-OH is 1. The summed E-state index contributed by atoms with van der Waals surface area (Å²) in [5.41, 5.74) is 1.66. The Balaban J connectivity index is 3.24. The van der Waals surface area contributed by atoms with E-state index in [1.165, 1.54) is 6.07 Å². The van der Waals surface area contributed by atoms with Gasteiger partial charge in [-0.1, -0.05) is 19.9 Å². The predicted molar refractivity (Wildman–Crippen MR) is 62.4 cm³/mol. The molecule has 0 saturated heterocycles. The summed E-state index contributed by atoms with van der Waals surface area (Å²) in [7, 11) is 0. The van der Waals surface area contributed by atoms with Crippen LogP contribution in [0.4, 0.5) is 5.69 Å². The van der Waals surface area contributed by atoms with Crippen molar-refractivity contribution in [1.82, 2.24) is 0 Å². The smallest absolute Gasteiger partial charge is 0.269 e. The first kappa shape index (κ1) is 12.6. The molecule has 4 nitrogen and oxygen atoms in total. The first-order valence-corrected chi connectivity index (χ1v) is 5.19. The molecule has 16 heavy (non-hydrogen) atoms. The van der Waals surface area contributed by atoms with Crippen LogP contribution in [0.2, 0.25) is 0 Å². The van der Waals surface area contributed by atoms with Crippen LogP contribution in [0.15, 0.2) is 18.2 Å². The fraction of sp³-hybridized carbons (Fsp3) is 0.417. The van der Waals surface area contributed by atoms with Crippen molar-refractivity contribution in [2.75, 3.05) is 6.61 Å². The number of non-ortho nitro benzene ring substituents is 1. The largest absolute Gasteiger partial charge is 0.396 e. The number of benzene rings is 1. The third-order valence-corrected chi connectivity index (χ3v) is 2.53. The Hall–Kier alpha value is -1.42. The zero-order chi connectivity index (χ0) is 12.3. The second-order valence-electron chi connectivity index (χ2n) is 4.15. The van der Waals surface area contributed by atoms with E-state index >= 15 is 0 Å². The van der Waals surface area contributed by atoms with E-state index in [0.29, 0.717) is 5.56 Å². The van der Waals surface area contributed by atoms with Gasteiger partial charge >= 0.3 is 0 Å². The Bertz CT molecular complexity index is 388. The summed E-state index contributed by atoms with van der Waals surface area (Å²) in [6, 6.07) is 4.91. The number of nitro groups is 1. The van der Waals surface area contributed by atoms with Crippen LogP contribution in [0.5, 0.6) is 0 Å². The molecule has 0 spiro atoms. The van der Waals surface area contributed by atoms with E-state index in [-0.39, 0.29) is 24.1 Å². The SMILES string of the molecule is [CH2]C(CO)c1cc(C(C)C)cc([N+](=O)[O-])c1. The van der Waals surface area contributed by atoms with Crippen molar-refractivity contribution in [1.29, 1.82) is 0 Å². The maximum atomic E-state index is 10.8. The third kappa shape index (κ3) is 2.79.